The molecule has 37 heavy (non-hydrogen) atoms. The van der Waals surface area contributed by atoms with E-state index in [4.69, 9.17) is 14.2 Å². The second-order valence-corrected chi connectivity index (χ2v) is 10.4. The minimum Gasteiger partial charge on any atom is -0.496 e. The van der Waals surface area contributed by atoms with Gasteiger partial charge in [0.2, 0.25) is 0 Å². The zero-order valence-corrected chi connectivity index (χ0v) is 22.9. The Morgan fingerprint density at radius 1 is 0.622 bits per heavy atom. The molecule has 0 spiro atoms. The Morgan fingerprint density at radius 2 is 1.05 bits per heavy atom. The number of hydrogen-bond donors (Lipinski definition) is 0. The predicted molar refractivity (Wildman–Crippen MR) is 154 cm³/mol. The summed E-state index contributed by atoms with van der Waals surface area (Å²) in [6, 6.07) is 16.9. The van der Waals surface area contributed by atoms with Gasteiger partial charge < -0.3 is 14.2 Å². The Morgan fingerprint density at radius 3 is 1.46 bits per heavy atom. The Kier molecular flexibility index (Phi) is 9.10. The van der Waals surface area contributed by atoms with Gasteiger partial charge in [-0.05, 0) is 49.7 Å². The molecule has 2 aliphatic rings. The van der Waals surface area contributed by atoms with E-state index >= 15 is 0 Å². The van der Waals surface area contributed by atoms with Gasteiger partial charge in [-0.1, -0.05) is 98.9 Å². The first-order valence-electron chi connectivity index (χ1n) is 13.6. The number of ether oxygens (including phenoxy) is 3. The first-order valence-corrected chi connectivity index (χ1v) is 13.6. The van der Waals surface area contributed by atoms with E-state index in [0.29, 0.717) is 11.8 Å². The van der Waals surface area contributed by atoms with Crippen LogP contribution in [0.15, 0.2) is 97.1 Å². The molecule has 2 aliphatic carbocycles. The topological polar surface area (TPSA) is 27.7 Å². The maximum Gasteiger partial charge on any atom is 0.122 e. The molecule has 4 unspecified atom stereocenters. The average molecular weight is 499 g/mol. The highest BCUT2D eigenvalue weighted by Crippen LogP contribution is 2.46. The largest absolute Gasteiger partial charge is 0.496 e. The smallest absolute Gasteiger partial charge is 0.122 e. The molecule has 0 amide bonds. The second kappa shape index (κ2) is 12.5. The molecule has 0 bridgehead atoms. The maximum absolute atomic E-state index is 6.21. The Labute approximate surface area is 223 Å². The molecule has 4 atom stereocenters. The highest BCUT2D eigenvalue weighted by Gasteiger charge is 2.38. The van der Waals surface area contributed by atoms with Gasteiger partial charge in [0.1, 0.15) is 11.5 Å². The van der Waals surface area contributed by atoms with E-state index in [1.165, 1.54) is 11.1 Å². The van der Waals surface area contributed by atoms with Crippen LogP contribution in [0.25, 0.3) is 0 Å². The van der Waals surface area contributed by atoms with Crippen LogP contribution in [-0.4, -0.2) is 27.4 Å². The van der Waals surface area contributed by atoms with Gasteiger partial charge in [-0.2, -0.15) is 0 Å². The van der Waals surface area contributed by atoms with Crippen molar-refractivity contribution in [3.63, 3.8) is 0 Å². The summed E-state index contributed by atoms with van der Waals surface area (Å²) >= 11 is 0. The zero-order valence-electron chi connectivity index (χ0n) is 22.9. The fourth-order valence-corrected chi connectivity index (χ4v) is 6.22. The summed E-state index contributed by atoms with van der Waals surface area (Å²) < 4.78 is 17.7. The summed E-state index contributed by atoms with van der Waals surface area (Å²) in [6.45, 7) is 6.12. The van der Waals surface area contributed by atoms with Crippen molar-refractivity contribution in [2.75, 3.05) is 27.4 Å². The SMILES string of the molecule is COc1ccccc1C1(CCCOCCCC2(c3ccccc3OC)C=CC=CC2C)C=CC=CC1C. The van der Waals surface area contributed by atoms with Crippen LogP contribution < -0.4 is 9.47 Å². The molecular weight excluding hydrogens is 456 g/mol. The van der Waals surface area contributed by atoms with Crippen molar-refractivity contribution in [3.8, 4) is 11.5 Å². The Balaban J connectivity index is 1.36. The van der Waals surface area contributed by atoms with Crippen molar-refractivity contribution in [2.24, 2.45) is 11.8 Å². The van der Waals surface area contributed by atoms with Crippen molar-refractivity contribution in [3.05, 3.63) is 108 Å². The minimum atomic E-state index is -0.0761. The second-order valence-electron chi connectivity index (χ2n) is 10.4. The van der Waals surface area contributed by atoms with Gasteiger partial charge >= 0.3 is 0 Å². The van der Waals surface area contributed by atoms with Crippen LogP contribution in [0.1, 0.15) is 50.7 Å². The first kappa shape index (κ1) is 27.0. The van der Waals surface area contributed by atoms with Gasteiger partial charge in [0.15, 0.2) is 0 Å². The van der Waals surface area contributed by atoms with Crippen LogP contribution in [-0.2, 0) is 15.6 Å². The number of methoxy groups -OCH3 is 2. The van der Waals surface area contributed by atoms with E-state index in [2.05, 4.69) is 98.9 Å². The lowest BCUT2D eigenvalue weighted by atomic mass is 9.66. The van der Waals surface area contributed by atoms with Crippen molar-refractivity contribution < 1.29 is 14.2 Å². The van der Waals surface area contributed by atoms with Crippen LogP contribution in [0.2, 0.25) is 0 Å². The number of hydrogen-bond acceptors (Lipinski definition) is 3. The van der Waals surface area contributed by atoms with Crippen molar-refractivity contribution in [1.29, 1.82) is 0 Å². The average Bonchev–Trinajstić information content (AvgIpc) is 2.94. The zero-order chi connectivity index (χ0) is 26.1. The molecule has 0 heterocycles. The van der Waals surface area contributed by atoms with Gasteiger partial charge in [0, 0.05) is 35.2 Å². The van der Waals surface area contributed by atoms with Gasteiger partial charge in [-0.25, -0.2) is 0 Å². The summed E-state index contributed by atoms with van der Waals surface area (Å²) in [4.78, 5) is 0. The summed E-state index contributed by atoms with van der Waals surface area (Å²) in [6.07, 6.45) is 22.0. The number of rotatable bonds is 12. The summed E-state index contributed by atoms with van der Waals surface area (Å²) in [5.41, 5.74) is 2.37. The molecule has 0 saturated carbocycles. The summed E-state index contributed by atoms with van der Waals surface area (Å²) in [7, 11) is 3.53. The van der Waals surface area contributed by atoms with Gasteiger partial charge in [0.25, 0.3) is 0 Å². The molecule has 2 aromatic carbocycles. The van der Waals surface area contributed by atoms with E-state index in [0.717, 1.165) is 50.4 Å². The highest BCUT2D eigenvalue weighted by molar-refractivity contribution is 5.47. The van der Waals surface area contributed by atoms with E-state index in [9.17, 15) is 0 Å². The van der Waals surface area contributed by atoms with E-state index < -0.39 is 0 Å². The molecule has 3 nitrogen and oxygen atoms in total. The van der Waals surface area contributed by atoms with Crippen molar-refractivity contribution in [2.45, 2.75) is 50.4 Å². The standard InChI is InChI=1S/C34H42O3/c1-27-15-9-11-21-33(27,29-17-5-7-19-31(29)35-3)23-13-25-37-26-14-24-34(22-12-10-16-28(34)2)30-18-6-8-20-32(30)36-4/h5-12,15-22,27-28H,13-14,23-26H2,1-4H3. The summed E-state index contributed by atoms with van der Waals surface area (Å²) in [5, 5.41) is 0. The van der Waals surface area contributed by atoms with Gasteiger partial charge in [-0.15, -0.1) is 0 Å². The van der Waals surface area contributed by atoms with Crippen molar-refractivity contribution >= 4 is 0 Å². The molecule has 196 valence electrons. The molecule has 0 aliphatic heterocycles. The third kappa shape index (κ3) is 5.62. The minimum absolute atomic E-state index is 0.0761. The van der Waals surface area contributed by atoms with Crippen molar-refractivity contribution in [1.82, 2.24) is 0 Å². The normalized spacial score (nSPS) is 26.4. The van der Waals surface area contributed by atoms with E-state index in [1.54, 1.807) is 14.2 Å². The van der Waals surface area contributed by atoms with E-state index in [-0.39, 0.29) is 10.8 Å². The molecule has 0 aromatic heterocycles. The third-order valence-electron chi connectivity index (χ3n) is 8.41. The predicted octanol–water partition coefficient (Wildman–Crippen LogP) is 7.98. The highest BCUT2D eigenvalue weighted by atomic mass is 16.5. The lowest BCUT2D eigenvalue weighted by Gasteiger charge is -2.39. The molecule has 2 aromatic rings. The number of benzene rings is 2. The monoisotopic (exact) mass is 498 g/mol. The quantitative estimate of drug-likeness (QED) is 0.278. The van der Waals surface area contributed by atoms with Crippen LogP contribution in [0.3, 0.4) is 0 Å². The van der Waals surface area contributed by atoms with Crippen LogP contribution in [0.5, 0.6) is 11.5 Å². The molecule has 0 fully saturated rings. The van der Waals surface area contributed by atoms with Crippen LogP contribution in [0.4, 0.5) is 0 Å². The van der Waals surface area contributed by atoms with Gasteiger partial charge in [-0.3, -0.25) is 0 Å². The third-order valence-corrected chi connectivity index (χ3v) is 8.41. The lowest BCUT2D eigenvalue weighted by Crippen LogP contribution is -2.33. The van der Waals surface area contributed by atoms with E-state index in [1.807, 2.05) is 12.1 Å². The Hall–Kier alpha value is -3.04. The number of para-hydroxylation sites is 2. The molecular formula is C34H42O3. The summed E-state index contributed by atoms with van der Waals surface area (Å²) in [5.74, 6) is 2.70. The Bertz CT molecular complexity index is 1050. The fraction of sp³-hybridized carbons (Fsp3) is 0.412. The van der Waals surface area contributed by atoms with Gasteiger partial charge in [0.05, 0.1) is 14.2 Å². The lowest BCUT2D eigenvalue weighted by molar-refractivity contribution is 0.116. The maximum atomic E-state index is 6.21. The first-order chi connectivity index (χ1) is 18.1. The van der Waals surface area contributed by atoms with Crippen LogP contribution in [0, 0.1) is 11.8 Å². The van der Waals surface area contributed by atoms with Crippen LogP contribution >= 0.6 is 0 Å². The molecule has 3 heteroatoms. The molecule has 4 rings (SSSR count). The molecule has 0 saturated heterocycles. The molecule has 0 radical (unpaired) electrons. The molecule has 0 N–H and O–H groups in total. The fourth-order valence-electron chi connectivity index (χ4n) is 6.22. The number of allylic oxidation sites excluding steroid dienone is 8.